The fraction of sp³-hybridized carbons (Fsp3) is 0.619. The van der Waals surface area contributed by atoms with Crippen LogP contribution in [0.4, 0.5) is 0 Å². The lowest BCUT2D eigenvalue weighted by molar-refractivity contribution is -0.129. The molecule has 121 valence electrons. The number of rotatable bonds is 2. The maximum absolute atomic E-state index is 12.4. The van der Waals surface area contributed by atoms with Gasteiger partial charge < -0.3 is 0 Å². The van der Waals surface area contributed by atoms with E-state index in [1.807, 2.05) is 6.92 Å². The summed E-state index contributed by atoms with van der Waals surface area (Å²) in [5.74, 6) is 2.25. The second kappa shape index (κ2) is 5.29. The van der Waals surface area contributed by atoms with Crippen molar-refractivity contribution >= 4 is 12.1 Å². The second-order valence-corrected chi connectivity index (χ2v) is 8.13. The first-order valence-electron chi connectivity index (χ1n) is 9.08. The lowest BCUT2D eigenvalue weighted by Crippen LogP contribution is -2.42. The van der Waals surface area contributed by atoms with Gasteiger partial charge in [0.05, 0.1) is 0 Å². The smallest absolute Gasteiger partial charge is 0.206 e. The zero-order valence-electron chi connectivity index (χ0n) is 14.1. The van der Waals surface area contributed by atoms with Gasteiger partial charge in [-0.25, -0.2) is 0 Å². The SMILES string of the molecule is CC([C]=O)c1ccc2c(c1)CCC1C2CC[C@]2(C)C(=O)CCC12. The van der Waals surface area contributed by atoms with E-state index in [9.17, 15) is 9.59 Å². The number of ketones is 1. The summed E-state index contributed by atoms with van der Waals surface area (Å²) in [5, 5.41) is 0. The first-order valence-corrected chi connectivity index (χ1v) is 9.08. The molecule has 3 aliphatic rings. The summed E-state index contributed by atoms with van der Waals surface area (Å²) in [7, 11) is 0. The number of hydrogen-bond acceptors (Lipinski definition) is 2. The minimum Gasteiger partial charge on any atom is -0.299 e. The third-order valence-corrected chi connectivity index (χ3v) is 7.14. The predicted octanol–water partition coefficient (Wildman–Crippen LogP) is 4.33. The average molecular weight is 309 g/mol. The standard InChI is InChI=1S/C21H25O2/c1-13(12-22)14-3-5-16-15(11-14)4-6-18-17(16)9-10-21(2)19(18)7-8-20(21)23/h3,5,11,13,17-19H,4,6-10H2,1-2H3/t13?,17?,18?,19?,21-/m0/s1. The molecule has 5 atom stereocenters. The monoisotopic (exact) mass is 309 g/mol. The molecule has 1 aromatic carbocycles. The highest BCUT2D eigenvalue weighted by Crippen LogP contribution is 2.59. The Morgan fingerprint density at radius 2 is 2.04 bits per heavy atom. The zero-order chi connectivity index (χ0) is 16.2. The highest BCUT2D eigenvalue weighted by Gasteiger charge is 2.54. The predicted molar refractivity (Wildman–Crippen MR) is 90.2 cm³/mol. The molecule has 1 aromatic rings. The van der Waals surface area contributed by atoms with Gasteiger partial charge in [-0.15, -0.1) is 0 Å². The maximum atomic E-state index is 12.4. The molecule has 0 N–H and O–H groups in total. The molecule has 4 unspecified atom stereocenters. The van der Waals surface area contributed by atoms with E-state index in [0.717, 1.165) is 37.7 Å². The molecule has 0 heterocycles. The lowest BCUT2D eigenvalue weighted by Gasteiger charge is -2.48. The van der Waals surface area contributed by atoms with E-state index >= 15 is 0 Å². The molecule has 0 amide bonds. The Labute approximate surface area is 138 Å². The molecule has 2 heteroatoms. The van der Waals surface area contributed by atoms with E-state index in [-0.39, 0.29) is 11.3 Å². The molecular formula is C21H25O2. The molecule has 2 fully saturated rings. The summed E-state index contributed by atoms with van der Waals surface area (Å²) < 4.78 is 0. The summed E-state index contributed by atoms with van der Waals surface area (Å²) >= 11 is 0. The Morgan fingerprint density at radius 1 is 1.22 bits per heavy atom. The first-order chi connectivity index (χ1) is 11.0. The Kier molecular flexibility index (Phi) is 3.48. The van der Waals surface area contributed by atoms with Gasteiger partial charge in [0.25, 0.3) is 0 Å². The van der Waals surface area contributed by atoms with Crippen molar-refractivity contribution in [3.63, 3.8) is 0 Å². The van der Waals surface area contributed by atoms with Crippen LogP contribution in [-0.2, 0) is 16.0 Å². The van der Waals surface area contributed by atoms with E-state index < -0.39 is 0 Å². The van der Waals surface area contributed by atoms with Crippen LogP contribution in [-0.4, -0.2) is 12.1 Å². The molecule has 0 aromatic heterocycles. The average Bonchev–Trinajstić information content (AvgIpc) is 2.88. The van der Waals surface area contributed by atoms with E-state index in [2.05, 4.69) is 31.4 Å². The Balaban J connectivity index is 1.67. The van der Waals surface area contributed by atoms with Crippen molar-refractivity contribution in [1.29, 1.82) is 0 Å². The number of fused-ring (bicyclic) bond motifs is 5. The number of carbonyl (C=O) groups excluding carboxylic acids is 2. The van der Waals surface area contributed by atoms with Gasteiger partial charge in [-0.05, 0) is 66.5 Å². The Hall–Kier alpha value is -1.44. The molecule has 4 rings (SSSR count). The second-order valence-electron chi connectivity index (χ2n) is 8.13. The van der Waals surface area contributed by atoms with Crippen molar-refractivity contribution in [1.82, 2.24) is 0 Å². The summed E-state index contributed by atoms with van der Waals surface area (Å²) in [6.07, 6.45) is 8.48. The number of aryl methyl sites for hydroxylation is 1. The minimum absolute atomic E-state index is 0.0421. The van der Waals surface area contributed by atoms with Gasteiger partial charge >= 0.3 is 0 Å². The van der Waals surface area contributed by atoms with E-state index in [0.29, 0.717) is 23.5 Å². The zero-order valence-corrected chi connectivity index (χ0v) is 14.1. The van der Waals surface area contributed by atoms with Crippen LogP contribution in [0.2, 0.25) is 0 Å². The van der Waals surface area contributed by atoms with Crippen LogP contribution in [0.3, 0.4) is 0 Å². The number of hydrogen-bond donors (Lipinski definition) is 0. The Morgan fingerprint density at radius 3 is 2.83 bits per heavy atom. The van der Waals surface area contributed by atoms with Gasteiger partial charge in [0.15, 0.2) is 0 Å². The molecule has 2 nitrogen and oxygen atoms in total. The number of Topliss-reactive ketones (excluding diaryl/α,β-unsaturated/α-hetero) is 1. The van der Waals surface area contributed by atoms with Gasteiger partial charge in [-0.2, -0.15) is 0 Å². The van der Waals surface area contributed by atoms with Crippen LogP contribution < -0.4 is 0 Å². The number of carbonyl (C=O) groups is 1. The quantitative estimate of drug-likeness (QED) is 0.815. The molecule has 0 spiro atoms. The minimum atomic E-state index is -0.139. The summed E-state index contributed by atoms with van der Waals surface area (Å²) in [4.78, 5) is 23.3. The normalized spacial score (nSPS) is 36.8. The van der Waals surface area contributed by atoms with Gasteiger partial charge in [-0.3, -0.25) is 9.59 Å². The van der Waals surface area contributed by atoms with Gasteiger partial charge in [0, 0.05) is 17.8 Å². The lowest BCUT2D eigenvalue weighted by atomic mass is 9.55. The molecule has 0 bridgehead atoms. The van der Waals surface area contributed by atoms with Gasteiger partial charge in [0.1, 0.15) is 5.78 Å². The third-order valence-electron chi connectivity index (χ3n) is 7.14. The van der Waals surface area contributed by atoms with Crippen molar-refractivity contribution in [3.8, 4) is 0 Å². The molecule has 0 aliphatic heterocycles. The third kappa shape index (κ3) is 2.14. The van der Waals surface area contributed by atoms with Crippen molar-refractivity contribution in [2.24, 2.45) is 17.3 Å². The van der Waals surface area contributed by atoms with Crippen molar-refractivity contribution in [2.75, 3.05) is 0 Å². The van der Waals surface area contributed by atoms with Gasteiger partial charge in [0.2, 0.25) is 6.29 Å². The van der Waals surface area contributed by atoms with Gasteiger partial charge in [-0.1, -0.05) is 32.0 Å². The Bertz CT molecular complexity index is 662. The highest BCUT2D eigenvalue weighted by molar-refractivity contribution is 5.87. The fourth-order valence-corrected chi connectivity index (χ4v) is 5.71. The van der Waals surface area contributed by atoms with Crippen LogP contribution >= 0.6 is 0 Å². The first kappa shape index (κ1) is 15.1. The maximum Gasteiger partial charge on any atom is 0.206 e. The fourth-order valence-electron chi connectivity index (χ4n) is 5.71. The molecule has 0 saturated heterocycles. The highest BCUT2D eigenvalue weighted by atomic mass is 16.1. The van der Waals surface area contributed by atoms with Crippen molar-refractivity contribution in [3.05, 3.63) is 34.9 Å². The van der Waals surface area contributed by atoms with Crippen LogP contribution in [0.15, 0.2) is 18.2 Å². The summed E-state index contributed by atoms with van der Waals surface area (Å²) in [6.45, 7) is 4.14. The van der Waals surface area contributed by atoms with Crippen molar-refractivity contribution < 1.29 is 9.59 Å². The van der Waals surface area contributed by atoms with Crippen LogP contribution in [0, 0.1) is 17.3 Å². The molecular weight excluding hydrogens is 284 g/mol. The largest absolute Gasteiger partial charge is 0.299 e. The van der Waals surface area contributed by atoms with E-state index in [4.69, 9.17) is 0 Å². The molecule has 23 heavy (non-hydrogen) atoms. The van der Waals surface area contributed by atoms with E-state index in [1.54, 1.807) is 0 Å². The molecule has 1 radical (unpaired) electrons. The molecule has 3 aliphatic carbocycles. The number of benzene rings is 1. The van der Waals surface area contributed by atoms with Crippen LogP contribution in [0.5, 0.6) is 0 Å². The summed E-state index contributed by atoms with van der Waals surface area (Å²) in [6, 6.07) is 6.61. The molecule has 2 saturated carbocycles. The van der Waals surface area contributed by atoms with Crippen LogP contribution in [0.1, 0.15) is 74.5 Å². The van der Waals surface area contributed by atoms with Crippen molar-refractivity contribution in [2.45, 2.75) is 64.2 Å². The summed E-state index contributed by atoms with van der Waals surface area (Å²) in [5.41, 5.74) is 3.97. The van der Waals surface area contributed by atoms with Crippen LogP contribution in [0.25, 0.3) is 0 Å². The van der Waals surface area contributed by atoms with E-state index in [1.165, 1.54) is 17.5 Å². The topological polar surface area (TPSA) is 34.1 Å².